The molecule has 1 rings (SSSR count). The number of ether oxygens (including phenoxy) is 1. The van der Waals surface area contributed by atoms with E-state index in [1.807, 2.05) is 14.0 Å². The molecule has 5 heteroatoms. The van der Waals surface area contributed by atoms with Gasteiger partial charge >= 0.3 is 0 Å². The van der Waals surface area contributed by atoms with Crippen LogP contribution in [0.25, 0.3) is 0 Å². The molecular formula is C12H24N4O. The summed E-state index contributed by atoms with van der Waals surface area (Å²) in [7, 11) is 1.88. The van der Waals surface area contributed by atoms with Gasteiger partial charge in [-0.3, -0.25) is 4.68 Å². The first-order valence-electron chi connectivity index (χ1n) is 6.13. The summed E-state index contributed by atoms with van der Waals surface area (Å²) in [6, 6.07) is 0. The molecule has 0 spiro atoms. The summed E-state index contributed by atoms with van der Waals surface area (Å²) in [5.74, 6) is 1.56. The molecule has 1 heterocycles. The Morgan fingerprint density at radius 1 is 1.41 bits per heavy atom. The van der Waals surface area contributed by atoms with E-state index in [4.69, 9.17) is 10.5 Å². The SMILES string of the molecule is Cc1nn(C)c(NCCOCCC(C)C)c1N. The molecule has 0 aliphatic rings. The number of nitrogens with one attached hydrogen (secondary N) is 1. The second kappa shape index (κ2) is 6.49. The van der Waals surface area contributed by atoms with Gasteiger partial charge in [0, 0.05) is 20.2 Å². The number of nitrogens with zero attached hydrogens (tertiary/aromatic N) is 2. The van der Waals surface area contributed by atoms with E-state index in [-0.39, 0.29) is 0 Å². The average molecular weight is 240 g/mol. The summed E-state index contributed by atoms with van der Waals surface area (Å²) >= 11 is 0. The zero-order valence-corrected chi connectivity index (χ0v) is 11.3. The van der Waals surface area contributed by atoms with Crippen molar-refractivity contribution < 1.29 is 4.74 Å². The Bertz CT molecular complexity index is 347. The molecule has 0 amide bonds. The minimum absolute atomic E-state index is 0.691. The fourth-order valence-electron chi connectivity index (χ4n) is 1.55. The second-order valence-corrected chi connectivity index (χ2v) is 4.69. The number of hydrogen-bond acceptors (Lipinski definition) is 4. The molecule has 0 fully saturated rings. The molecule has 1 aromatic rings. The molecule has 0 radical (unpaired) electrons. The van der Waals surface area contributed by atoms with E-state index >= 15 is 0 Å². The van der Waals surface area contributed by atoms with Gasteiger partial charge in [0.2, 0.25) is 0 Å². The van der Waals surface area contributed by atoms with Crippen LogP contribution in [0, 0.1) is 12.8 Å². The van der Waals surface area contributed by atoms with Crippen molar-refractivity contribution in [3.63, 3.8) is 0 Å². The van der Waals surface area contributed by atoms with Gasteiger partial charge in [-0.1, -0.05) is 13.8 Å². The van der Waals surface area contributed by atoms with Crippen LogP contribution < -0.4 is 11.1 Å². The zero-order valence-electron chi connectivity index (χ0n) is 11.3. The Kier molecular flexibility index (Phi) is 5.28. The van der Waals surface area contributed by atoms with Gasteiger partial charge in [-0.2, -0.15) is 5.10 Å². The van der Waals surface area contributed by atoms with Gasteiger partial charge in [-0.25, -0.2) is 0 Å². The summed E-state index contributed by atoms with van der Waals surface area (Å²) in [6.07, 6.45) is 1.10. The third-order valence-electron chi connectivity index (χ3n) is 2.65. The first kappa shape index (κ1) is 13.8. The molecule has 98 valence electrons. The van der Waals surface area contributed by atoms with Crippen molar-refractivity contribution >= 4 is 11.5 Å². The van der Waals surface area contributed by atoms with E-state index in [1.165, 1.54) is 0 Å². The average Bonchev–Trinajstić information content (AvgIpc) is 2.48. The van der Waals surface area contributed by atoms with E-state index in [1.54, 1.807) is 4.68 Å². The lowest BCUT2D eigenvalue weighted by Gasteiger charge is -2.09. The maximum absolute atomic E-state index is 5.90. The minimum Gasteiger partial charge on any atom is -0.394 e. The van der Waals surface area contributed by atoms with Crippen LogP contribution in [0.1, 0.15) is 26.0 Å². The Balaban J connectivity index is 2.22. The van der Waals surface area contributed by atoms with Gasteiger partial charge in [-0.15, -0.1) is 0 Å². The largest absolute Gasteiger partial charge is 0.394 e. The van der Waals surface area contributed by atoms with Gasteiger partial charge in [0.05, 0.1) is 18.0 Å². The highest BCUT2D eigenvalue weighted by molar-refractivity contribution is 5.64. The monoisotopic (exact) mass is 240 g/mol. The lowest BCUT2D eigenvalue weighted by Crippen LogP contribution is -2.13. The molecule has 0 aromatic carbocycles. The molecule has 3 N–H and O–H groups in total. The summed E-state index contributed by atoms with van der Waals surface area (Å²) in [6.45, 7) is 8.55. The molecule has 17 heavy (non-hydrogen) atoms. The van der Waals surface area contributed by atoms with E-state index < -0.39 is 0 Å². The Hall–Kier alpha value is -1.23. The number of anilines is 2. The lowest BCUT2D eigenvalue weighted by molar-refractivity contribution is 0.132. The van der Waals surface area contributed by atoms with Crippen LogP contribution in [0.2, 0.25) is 0 Å². The van der Waals surface area contributed by atoms with Crippen LogP contribution >= 0.6 is 0 Å². The molecule has 0 saturated heterocycles. The number of nitrogen functional groups attached to an aromatic ring is 1. The van der Waals surface area contributed by atoms with Gasteiger partial charge in [-0.05, 0) is 19.3 Å². The molecule has 0 unspecified atom stereocenters. The normalized spacial score (nSPS) is 11.1. The van der Waals surface area contributed by atoms with Crippen molar-refractivity contribution in [1.82, 2.24) is 9.78 Å². The van der Waals surface area contributed by atoms with E-state index in [0.717, 1.165) is 36.8 Å². The number of aryl methyl sites for hydroxylation is 2. The van der Waals surface area contributed by atoms with Crippen molar-refractivity contribution in [3.05, 3.63) is 5.69 Å². The summed E-state index contributed by atoms with van der Waals surface area (Å²) in [5.41, 5.74) is 7.47. The highest BCUT2D eigenvalue weighted by atomic mass is 16.5. The Morgan fingerprint density at radius 3 is 2.65 bits per heavy atom. The quantitative estimate of drug-likeness (QED) is 0.713. The van der Waals surface area contributed by atoms with Crippen LogP contribution in [0.3, 0.4) is 0 Å². The standard InChI is InChI=1S/C12H24N4O/c1-9(2)5-7-17-8-6-14-12-11(13)10(3)15-16(12)4/h9,14H,5-8,13H2,1-4H3. The van der Waals surface area contributed by atoms with Crippen molar-refractivity contribution in [1.29, 1.82) is 0 Å². The van der Waals surface area contributed by atoms with Crippen LogP contribution in [0.15, 0.2) is 0 Å². The predicted molar refractivity (Wildman–Crippen MR) is 71.1 cm³/mol. The maximum Gasteiger partial charge on any atom is 0.147 e. The van der Waals surface area contributed by atoms with E-state index in [9.17, 15) is 0 Å². The van der Waals surface area contributed by atoms with Crippen LogP contribution in [0.4, 0.5) is 11.5 Å². The molecule has 0 aliphatic heterocycles. The van der Waals surface area contributed by atoms with Gasteiger partial charge in [0.15, 0.2) is 0 Å². The highest BCUT2D eigenvalue weighted by Crippen LogP contribution is 2.20. The number of aromatic nitrogens is 2. The first-order chi connectivity index (χ1) is 8.02. The Morgan fingerprint density at radius 2 is 2.12 bits per heavy atom. The first-order valence-corrected chi connectivity index (χ1v) is 6.13. The fourth-order valence-corrected chi connectivity index (χ4v) is 1.55. The maximum atomic E-state index is 5.90. The third-order valence-corrected chi connectivity index (χ3v) is 2.65. The van der Waals surface area contributed by atoms with Gasteiger partial charge in [0.25, 0.3) is 0 Å². The topological polar surface area (TPSA) is 65.1 Å². The third kappa shape index (κ3) is 4.26. The molecule has 0 bridgehead atoms. The minimum atomic E-state index is 0.691. The molecule has 0 atom stereocenters. The highest BCUT2D eigenvalue weighted by Gasteiger charge is 2.08. The lowest BCUT2D eigenvalue weighted by atomic mass is 10.1. The van der Waals surface area contributed by atoms with Gasteiger partial charge in [0.1, 0.15) is 5.82 Å². The van der Waals surface area contributed by atoms with Crippen molar-refractivity contribution in [3.8, 4) is 0 Å². The number of nitrogens with two attached hydrogens (primary N) is 1. The Labute approximate surface area is 103 Å². The number of rotatable bonds is 7. The van der Waals surface area contributed by atoms with Crippen molar-refractivity contribution in [2.75, 3.05) is 30.8 Å². The van der Waals surface area contributed by atoms with Crippen LogP contribution in [-0.4, -0.2) is 29.5 Å². The predicted octanol–water partition coefficient (Wildman–Crippen LogP) is 1.79. The molecular weight excluding hydrogens is 216 g/mol. The molecule has 0 saturated carbocycles. The second-order valence-electron chi connectivity index (χ2n) is 4.69. The summed E-state index contributed by atoms with van der Waals surface area (Å²) in [4.78, 5) is 0. The summed E-state index contributed by atoms with van der Waals surface area (Å²) < 4.78 is 7.28. The van der Waals surface area contributed by atoms with Crippen molar-refractivity contribution in [2.45, 2.75) is 27.2 Å². The molecule has 0 aliphatic carbocycles. The summed E-state index contributed by atoms with van der Waals surface area (Å²) in [5, 5.41) is 7.48. The van der Waals surface area contributed by atoms with Crippen molar-refractivity contribution in [2.24, 2.45) is 13.0 Å². The molecule has 1 aromatic heterocycles. The molecule has 5 nitrogen and oxygen atoms in total. The van der Waals surface area contributed by atoms with Crippen LogP contribution in [-0.2, 0) is 11.8 Å². The zero-order chi connectivity index (χ0) is 12.8. The smallest absolute Gasteiger partial charge is 0.147 e. The van der Waals surface area contributed by atoms with Crippen LogP contribution in [0.5, 0.6) is 0 Å². The van der Waals surface area contributed by atoms with Gasteiger partial charge < -0.3 is 15.8 Å². The van der Waals surface area contributed by atoms with E-state index in [0.29, 0.717) is 12.5 Å². The fraction of sp³-hybridized carbons (Fsp3) is 0.750. The van der Waals surface area contributed by atoms with E-state index in [2.05, 4.69) is 24.3 Å². The number of hydrogen-bond donors (Lipinski definition) is 2.